The largest absolute Gasteiger partial charge is 0.343 e. The lowest BCUT2D eigenvalue weighted by Gasteiger charge is -2.34. The van der Waals surface area contributed by atoms with Crippen LogP contribution in [0.5, 0.6) is 0 Å². The normalized spacial score (nSPS) is 20.5. The number of hydrogen-bond donors (Lipinski definition) is 0. The lowest BCUT2D eigenvalue weighted by Crippen LogP contribution is -2.46. The van der Waals surface area contributed by atoms with E-state index in [2.05, 4.69) is 40.1 Å². The molecule has 0 aliphatic carbocycles. The first-order chi connectivity index (χ1) is 10.8. The second-order valence-electron chi connectivity index (χ2n) is 6.44. The van der Waals surface area contributed by atoms with Crippen molar-refractivity contribution >= 4 is 5.91 Å². The highest BCUT2D eigenvalue weighted by molar-refractivity contribution is 5.76. The van der Waals surface area contributed by atoms with Crippen LogP contribution in [0.1, 0.15) is 24.8 Å². The highest BCUT2D eigenvalue weighted by atomic mass is 16.2. The Bertz CT molecular complexity index is 462. The predicted molar refractivity (Wildman–Crippen MR) is 88.6 cm³/mol. The summed E-state index contributed by atoms with van der Waals surface area (Å²) in [5.74, 6) is 0.351. The summed E-state index contributed by atoms with van der Waals surface area (Å²) in [6, 6.07) is 10.7. The molecule has 2 saturated heterocycles. The maximum atomic E-state index is 12.1. The van der Waals surface area contributed by atoms with Gasteiger partial charge in [-0.15, -0.1) is 0 Å². The van der Waals surface area contributed by atoms with Gasteiger partial charge in [-0.25, -0.2) is 0 Å². The van der Waals surface area contributed by atoms with Crippen molar-refractivity contribution in [2.45, 2.75) is 25.8 Å². The molecule has 0 N–H and O–H groups in total. The zero-order valence-electron chi connectivity index (χ0n) is 13.4. The Morgan fingerprint density at radius 2 is 1.50 bits per heavy atom. The van der Waals surface area contributed by atoms with E-state index in [-0.39, 0.29) is 0 Å². The zero-order chi connectivity index (χ0) is 15.2. The first-order valence-corrected chi connectivity index (χ1v) is 8.58. The smallest absolute Gasteiger partial charge is 0.223 e. The van der Waals surface area contributed by atoms with Gasteiger partial charge in [0, 0.05) is 58.8 Å². The van der Waals surface area contributed by atoms with E-state index in [0.29, 0.717) is 12.3 Å². The van der Waals surface area contributed by atoms with E-state index in [9.17, 15) is 4.79 Å². The number of benzene rings is 1. The van der Waals surface area contributed by atoms with Gasteiger partial charge in [0.1, 0.15) is 0 Å². The van der Waals surface area contributed by atoms with Crippen molar-refractivity contribution in [1.82, 2.24) is 14.7 Å². The number of carbonyl (C=O) groups is 1. The van der Waals surface area contributed by atoms with Gasteiger partial charge >= 0.3 is 0 Å². The van der Waals surface area contributed by atoms with Crippen LogP contribution in [-0.4, -0.2) is 66.4 Å². The first kappa shape index (κ1) is 15.5. The van der Waals surface area contributed by atoms with Crippen LogP contribution in [0.3, 0.4) is 0 Å². The average molecular weight is 301 g/mol. The molecule has 2 aliphatic heterocycles. The minimum Gasteiger partial charge on any atom is -0.343 e. The molecule has 22 heavy (non-hydrogen) atoms. The summed E-state index contributed by atoms with van der Waals surface area (Å²) in [4.78, 5) is 19.1. The van der Waals surface area contributed by atoms with Gasteiger partial charge in [0.25, 0.3) is 0 Å². The molecule has 2 fully saturated rings. The lowest BCUT2D eigenvalue weighted by atomic mass is 10.2. The standard InChI is InChI=1S/C18H27N3O/c22-18(21-9-4-5-10-21)8-11-19-12-14-20(15-13-19)16-17-6-2-1-3-7-17/h1-3,6-7H,4-5,8-16H2. The fourth-order valence-corrected chi connectivity index (χ4v) is 3.39. The molecule has 1 aromatic rings. The van der Waals surface area contributed by atoms with Crippen LogP contribution in [0, 0.1) is 0 Å². The van der Waals surface area contributed by atoms with Gasteiger partial charge in [0.15, 0.2) is 0 Å². The van der Waals surface area contributed by atoms with E-state index in [4.69, 9.17) is 0 Å². The Balaban J connectivity index is 1.36. The SMILES string of the molecule is O=C(CCN1CCN(Cc2ccccc2)CC1)N1CCCC1. The quantitative estimate of drug-likeness (QED) is 0.830. The van der Waals surface area contributed by atoms with Gasteiger partial charge in [0.05, 0.1) is 0 Å². The van der Waals surface area contributed by atoms with Gasteiger partial charge in [0.2, 0.25) is 5.91 Å². The fraction of sp³-hybridized carbons (Fsp3) is 0.611. The molecule has 0 unspecified atom stereocenters. The van der Waals surface area contributed by atoms with Crippen LogP contribution in [0.2, 0.25) is 0 Å². The first-order valence-electron chi connectivity index (χ1n) is 8.58. The van der Waals surface area contributed by atoms with E-state index < -0.39 is 0 Å². The molecule has 0 spiro atoms. The Kier molecular flexibility index (Phi) is 5.46. The molecule has 4 nitrogen and oxygen atoms in total. The zero-order valence-corrected chi connectivity index (χ0v) is 13.4. The maximum absolute atomic E-state index is 12.1. The molecule has 1 amide bonds. The molecule has 0 atom stereocenters. The molecule has 1 aromatic carbocycles. The molecule has 0 radical (unpaired) electrons. The van der Waals surface area contributed by atoms with Gasteiger partial charge < -0.3 is 9.80 Å². The topological polar surface area (TPSA) is 26.8 Å². The second kappa shape index (κ2) is 7.75. The molecule has 3 rings (SSSR count). The van der Waals surface area contributed by atoms with E-state index in [1.807, 2.05) is 4.90 Å². The molecule has 0 aromatic heterocycles. The van der Waals surface area contributed by atoms with Gasteiger partial charge in [-0.05, 0) is 18.4 Å². The van der Waals surface area contributed by atoms with E-state index >= 15 is 0 Å². The number of piperazine rings is 1. The molecule has 4 heteroatoms. The third kappa shape index (κ3) is 4.31. The van der Waals surface area contributed by atoms with Crippen LogP contribution in [0.15, 0.2) is 30.3 Å². The van der Waals surface area contributed by atoms with Crippen molar-refractivity contribution in [2.75, 3.05) is 45.8 Å². The summed E-state index contributed by atoms with van der Waals surface area (Å²) in [5, 5.41) is 0. The summed E-state index contributed by atoms with van der Waals surface area (Å²) in [6.07, 6.45) is 3.06. The number of hydrogen-bond acceptors (Lipinski definition) is 3. The maximum Gasteiger partial charge on any atom is 0.223 e. The third-order valence-corrected chi connectivity index (χ3v) is 4.81. The number of amides is 1. The molecule has 120 valence electrons. The van der Waals surface area contributed by atoms with Crippen LogP contribution in [0.25, 0.3) is 0 Å². The van der Waals surface area contributed by atoms with Crippen molar-refractivity contribution in [2.24, 2.45) is 0 Å². The third-order valence-electron chi connectivity index (χ3n) is 4.81. The van der Waals surface area contributed by atoms with Gasteiger partial charge in [-0.1, -0.05) is 30.3 Å². The van der Waals surface area contributed by atoms with Gasteiger partial charge in [-0.2, -0.15) is 0 Å². The second-order valence-corrected chi connectivity index (χ2v) is 6.44. The van der Waals surface area contributed by atoms with E-state index in [1.165, 1.54) is 18.4 Å². The Morgan fingerprint density at radius 3 is 2.18 bits per heavy atom. The lowest BCUT2D eigenvalue weighted by molar-refractivity contribution is -0.130. The molecular weight excluding hydrogens is 274 g/mol. The highest BCUT2D eigenvalue weighted by Gasteiger charge is 2.21. The number of nitrogens with zero attached hydrogens (tertiary/aromatic N) is 3. The van der Waals surface area contributed by atoms with E-state index in [1.54, 1.807) is 0 Å². The van der Waals surface area contributed by atoms with Crippen molar-refractivity contribution in [3.63, 3.8) is 0 Å². The predicted octanol–water partition coefficient (Wildman–Crippen LogP) is 1.82. The number of carbonyl (C=O) groups excluding carboxylic acids is 1. The fourth-order valence-electron chi connectivity index (χ4n) is 3.39. The summed E-state index contributed by atoms with van der Waals surface area (Å²) in [5.41, 5.74) is 1.39. The summed E-state index contributed by atoms with van der Waals surface area (Å²) in [7, 11) is 0. The Labute approximate surface area is 133 Å². The van der Waals surface area contributed by atoms with Crippen LogP contribution in [0.4, 0.5) is 0 Å². The highest BCUT2D eigenvalue weighted by Crippen LogP contribution is 2.11. The molecular formula is C18H27N3O. The number of likely N-dealkylation sites (tertiary alicyclic amines) is 1. The number of rotatable bonds is 5. The van der Waals surface area contributed by atoms with Crippen molar-refractivity contribution in [3.05, 3.63) is 35.9 Å². The minimum atomic E-state index is 0.351. The van der Waals surface area contributed by atoms with Crippen molar-refractivity contribution in [1.29, 1.82) is 0 Å². The van der Waals surface area contributed by atoms with Crippen LogP contribution >= 0.6 is 0 Å². The summed E-state index contributed by atoms with van der Waals surface area (Å²) < 4.78 is 0. The molecule has 0 saturated carbocycles. The van der Waals surface area contributed by atoms with Crippen LogP contribution in [-0.2, 0) is 11.3 Å². The van der Waals surface area contributed by atoms with Crippen LogP contribution < -0.4 is 0 Å². The van der Waals surface area contributed by atoms with Crippen molar-refractivity contribution < 1.29 is 4.79 Å². The monoisotopic (exact) mass is 301 g/mol. The molecule has 0 bridgehead atoms. The Morgan fingerprint density at radius 1 is 0.864 bits per heavy atom. The van der Waals surface area contributed by atoms with Crippen molar-refractivity contribution in [3.8, 4) is 0 Å². The average Bonchev–Trinajstić information content (AvgIpc) is 3.09. The van der Waals surface area contributed by atoms with Gasteiger partial charge in [-0.3, -0.25) is 9.69 Å². The minimum absolute atomic E-state index is 0.351. The van der Waals surface area contributed by atoms with E-state index in [0.717, 1.165) is 52.4 Å². The summed E-state index contributed by atoms with van der Waals surface area (Å²) >= 11 is 0. The summed E-state index contributed by atoms with van der Waals surface area (Å²) in [6.45, 7) is 8.29. The molecule has 2 heterocycles. The molecule has 2 aliphatic rings. The Hall–Kier alpha value is -1.39.